The summed E-state index contributed by atoms with van der Waals surface area (Å²) in [6.45, 7) is 9.80. The first kappa shape index (κ1) is 11.3. The van der Waals surface area contributed by atoms with Crippen molar-refractivity contribution >= 4 is 0 Å². The highest BCUT2D eigenvalue weighted by Crippen LogP contribution is 2.66. The van der Waals surface area contributed by atoms with Gasteiger partial charge in [0.1, 0.15) is 0 Å². The van der Waals surface area contributed by atoms with E-state index >= 15 is 0 Å². The highest BCUT2D eigenvalue weighted by molar-refractivity contribution is 5.36. The SMILES string of the molecule is CC1C(C2c3ccccc3CC[C@H]2C)C1(C)C. The monoisotopic (exact) mass is 228 g/mol. The average molecular weight is 228 g/mol. The summed E-state index contributed by atoms with van der Waals surface area (Å²) >= 11 is 0. The second kappa shape index (κ2) is 3.60. The van der Waals surface area contributed by atoms with Gasteiger partial charge in [0.2, 0.25) is 0 Å². The van der Waals surface area contributed by atoms with Gasteiger partial charge in [-0.25, -0.2) is 0 Å². The molecule has 0 aliphatic heterocycles. The molecule has 0 bridgehead atoms. The van der Waals surface area contributed by atoms with Gasteiger partial charge in [-0.2, -0.15) is 0 Å². The number of fused-ring (bicyclic) bond motifs is 1. The summed E-state index contributed by atoms with van der Waals surface area (Å²) in [6, 6.07) is 9.16. The third kappa shape index (κ3) is 1.57. The minimum absolute atomic E-state index is 0.559. The van der Waals surface area contributed by atoms with Crippen molar-refractivity contribution in [1.82, 2.24) is 0 Å². The molecule has 0 radical (unpaired) electrons. The van der Waals surface area contributed by atoms with Crippen molar-refractivity contribution in [2.45, 2.75) is 46.5 Å². The molecule has 0 spiro atoms. The summed E-state index contributed by atoms with van der Waals surface area (Å²) < 4.78 is 0. The molecule has 17 heavy (non-hydrogen) atoms. The number of rotatable bonds is 1. The van der Waals surface area contributed by atoms with Crippen LogP contribution in [0.3, 0.4) is 0 Å². The zero-order chi connectivity index (χ0) is 12.2. The minimum atomic E-state index is 0.559. The van der Waals surface area contributed by atoms with Crippen LogP contribution in [0.15, 0.2) is 24.3 Å². The number of hydrogen-bond acceptors (Lipinski definition) is 0. The largest absolute Gasteiger partial charge is 0.0620 e. The summed E-state index contributed by atoms with van der Waals surface area (Å²) in [5.41, 5.74) is 3.84. The van der Waals surface area contributed by atoms with Crippen molar-refractivity contribution in [3.63, 3.8) is 0 Å². The maximum absolute atomic E-state index is 2.46. The van der Waals surface area contributed by atoms with E-state index in [1.165, 1.54) is 12.8 Å². The van der Waals surface area contributed by atoms with Gasteiger partial charge in [0, 0.05) is 0 Å². The molecule has 0 saturated heterocycles. The first-order valence-electron chi connectivity index (χ1n) is 7.11. The Hall–Kier alpha value is -0.780. The highest BCUT2D eigenvalue weighted by atomic mass is 14.6. The van der Waals surface area contributed by atoms with Crippen LogP contribution < -0.4 is 0 Å². The van der Waals surface area contributed by atoms with Gasteiger partial charge in [-0.15, -0.1) is 0 Å². The Morgan fingerprint density at radius 1 is 1.12 bits per heavy atom. The first-order chi connectivity index (χ1) is 8.03. The molecular formula is C17H24. The van der Waals surface area contributed by atoms with Gasteiger partial charge in [-0.3, -0.25) is 0 Å². The molecule has 3 unspecified atom stereocenters. The second-order valence-corrected chi connectivity index (χ2v) is 6.88. The number of hydrogen-bond donors (Lipinski definition) is 0. The Morgan fingerprint density at radius 2 is 1.76 bits per heavy atom. The molecule has 2 aliphatic rings. The Balaban J connectivity index is 2.00. The molecule has 1 fully saturated rings. The molecule has 92 valence electrons. The van der Waals surface area contributed by atoms with Gasteiger partial charge in [0.05, 0.1) is 0 Å². The van der Waals surface area contributed by atoms with E-state index in [1.54, 1.807) is 11.1 Å². The summed E-state index contributed by atoms with van der Waals surface area (Å²) in [5.74, 6) is 3.46. The van der Waals surface area contributed by atoms with Gasteiger partial charge in [-0.05, 0) is 53.1 Å². The van der Waals surface area contributed by atoms with Crippen LogP contribution in [0.2, 0.25) is 0 Å². The second-order valence-electron chi connectivity index (χ2n) is 6.88. The van der Waals surface area contributed by atoms with Crippen molar-refractivity contribution in [2.24, 2.45) is 23.2 Å². The molecule has 0 nitrogen and oxygen atoms in total. The number of benzene rings is 1. The van der Waals surface area contributed by atoms with Gasteiger partial charge in [0.15, 0.2) is 0 Å². The molecule has 0 amide bonds. The summed E-state index contributed by atoms with van der Waals surface area (Å²) in [4.78, 5) is 0. The molecule has 2 aliphatic carbocycles. The van der Waals surface area contributed by atoms with Crippen molar-refractivity contribution in [1.29, 1.82) is 0 Å². The Bertz CT molecular complexity index is 429. The Kier molecular flexibility index (Phi) is 2.40. The maximum atomic E-state index is 2.46. The van der Waals surface area contributed by atoms with Crippen LogP contribution in [0, 0.1) is 23.2 Å². The van der Waals surface area contributed by atoms with Crippen LogP contribution in [0.25, 0.3) is 0 Å². The fourth-order valence-electron chi connectivity index (χ4n) is 4.22. The summed E-state index contributed by atoms with van der Waals surface area (Å²) in [5, 5.41) is 0. The summed E-state index contributed by atoms with van der Waals surface area (Å²) in [7, 11) is 0. The van der Waals surface area contributed by atoms with Crippen LogP contribution in [-0.4, -0.2) is 0 Å². The van der Waals surface area contributed by atoms with Crippen LogP contribution >= 0.6 is 0 Å². The van der Waals surface area contributed by atoms with Crippen LogP contribution in [0.1, 0.15) is 51.2 Å². The van der Waals surface area contributed by atoms with Gasteiger partial charge >= 0.3 is 0 Å². The topological polar surface area (TPSA) is 0 Å². The standard InChI is InChI=1S/C17H24/c1-11-9-10-13-7-5-6-8-14(13)15(11)16-12(2)17(16,3)4/h5-8,11-12,15-16H,9-10H2,1-4H3/t11-,12?,15?,16?/m1/s1. The van der Waals surface area contributed by atoms with Gasteiger partial charge in [0.25, 0.3) is 0 Å². The zero-order valence-electron chi connectivity index (χ0n) is 11.5. The van der Waals surface area contributed by atoms with E-state index in [0.29, 0.717) is 5.41 Å². The lowest BCUT2D eigenvalue weighted by molar-refractivity contribution is 0.334. The zero-order valence-corrected chi connectivity index (χ0v) is 11.5. The van der Waals surface area contributed by atoms with Crippen molar-refractivity contribution in [3.8, 4) is 0 Å². The normalized spacial score (nSPS) is 38.6. The van der Waals surface area contributed by atoms with Gasteiger partial charge < -0.3 is 0 Å². The minimum Gasteiger partial charge on any atom is -0.0620 e. The average Bonchev–Trinajstić information content (AvgIpc) is 2.79. The van der Waals surface area contributed by atoms with E-state index in [9.17, 15) is 0 Å². The van der Waals surface area contributed by atoms with Crippen molar-refractivity contribution in [2.75, 3.05) is 0 Å². The van der Waals surface area contributed by atoms with Crippen molar-refractivity contribution < 1.29 is 0 Å². The fourth-order valence-corrected chi connectivity index (χ4v) is 4.22. The van der Waals surface area contributed by atoms with E-state index in [4.69, 9.17) is 0 Å². The molecule has 0 N–H and O–H groups in total. The van der Waals surface area contributed by atoms with Crippen LogP contribution in [-0.2, 0) is 6.42 Å². The quantitative estimate of drug-likeness (QED) is 0.656. The smallest absolute Gasteiger partial charge is 0.00971 e. The lowest BCUT2D eigenvalue weighted by atomic mass is 9.72. The third-order valence-corrected chi connectivity index (χ3v) is 5.75. The Labute approximate surface area is 105 Å². The molecule has 1 aromatic rings. The molecule has 0 heterocycles. The van der Waals surface area contributed by atoms with E-state index in [-0.39, 0.29) is 0 Å². The molecule has 0 aromatic heterocycles. The lowest BCUT2D eigenvalue weighted by Gasteiger charge is -2.33. The van der Waals surface area contributed by atoms with Crippen LogP contribution in [0.4, 0.5) is 0 Å². The van der Waals surface area contributed by atoms with Gasteiger partial charge in [-0.1, -0.05) is 52.0 Å². The van der Waals surface area contributed by atoms with Crippen molar-refractivity contribution in [3.05, 3.63) is 35.4 Å². The third-order valence-electron chi connectivity index (χ3n) is 5.75. The van der Waals surface area contributed by atoms with E-state index in [2.05, 4.69) is 52.0 Å². The van der Waals surface area contributed by atoms with E-state index < -0.39 is 0 Å². The number of aryl methyl sites for hydroxylation is 1. The molecule has 1 saturated carbocycles. The predicted molar refractivity (Wildman–Crippen MR) is 73.1 cm³/mol. The molecule has 3 rings (SSSR count). The Morgan fingerprint density at radius 3 is 2.41 bits per heavy atom. The molecule has 1 aromatic carbocycles. The summed E-state index contributed by atoms with van der Waals surface area (Å²) in [6.07, 6.45) is 2.66. The maximum Gasteiger partial charge on any atom is -0.00971 e. The molecule has 4 atom stereocenters. The van der Waals surface area contributed by atoms with E-state index in [0.717, 1.165) is 23.7 Å². The van der Waals surface area contributed by atoms with Crippen LogP contribution in [0.5, 0.6) is 0 Å². The predicted octanol–water partition coefficient (Wildman–Crippen LogP) is 4.64. The highest BCUT2D eigenvalue weighted by Gasteiger charge is 2.59. The first-order valence-corrected chi connectivity index (χ1v) is 7.11. The van der Waals surface area contributed by atoms with E-state index in [1.807, 2.05) is 0 Å². The molecule has 0 heteroatoms. The lowest BCUT2D eigenvalue weighted by Crippen LogP contribution is -2.21. The molecular weight excluding hydrogens is 204 g/mol. The fraction of sp³-hybridized carbons (Fsp3) is 0.647.